The molecule has 1 N–H and O–H groups in total. The van der Waals surface area contributed by atoms with Gasteiger partial charge in [-0.15, -0.1) is 0 Å². The van der Waals surface area contributed by atoms with Gasteiger partial charge in [-0.05, 0) is 78.8 Å². The van der Waals surface area contributed by atoms with Crippen LogP contribution in [0.15, 0.2) is 84.9 Å². The van der Waals surface area contributed by atoms with Crippen molar-refractivity contribution in [2.24, 2.45) is 0 Å². The van der Waals surface area contributed by atoms with Crippen molar-refractivity contribution in [2.45, 2.75) is 45.3 Å². The molecule has 0 unspecified atom stereocenters. The fraction of sp³-hybridized carbons (Fsp3) is 0.286. The van der Waals surface area contributed by atoms with Crippen LogP contribution in [0.4, 0.5) is 0 Å². The summed E-state index contributed by atoms with van der Waals surface area (Å²) in [6, 6.07) is 26.3. The minimum Gasteiger partial charge on any atom is -0.484 e. The van der Waals surface area contributed by atoms with Crippen LogP contribution in [0.1, 0.15) is 31.9 Å². The molecule has 0 saturated carbocycles. The fourth-order valence-corrected chi connectivity index (χ4v) is 3.91. The number of carbonyl (C=O) groups excluding carboxylic acids is 2. The number of rotatable bonds is 9. The molecule has 5 nitrogen and oxygen atoms in total. The Balaban J connectivity index is 1.89. The lowest BCUT2D eigenvalue weighted by atomic mass is 10.0. The standard InChI is InChI=1S/C28H31IN2O3/c1-28(2,3)30-27(33)25(18-21-10-6-4-7-11-21)31(19-22-12-8-5-9-13-22)26(32)20-34-24-16-14-23(29)15-17-24/h4-17,25H,18-20H2,1-3H3,(H,30,33)/t25-/m0/s1. The zero-order valence-electron chi connectivity index (χ0n) is 19.8. The first kappa shape index (κ1) is 25.7. The summed E-state index contributed by atoms with van der Waals surface area (Å²) in [5.41, 5.74) is 1.51. The van der Waals surface area contributed by atoms with Crippen LogP contribution in [0.2, 0.25) is 0 Å². The maximum Gasteiger partial charge on any atom is 0.261 e. The molecule has 0 aliphatic rings. The van der Waals surface area contributed by atoms with Gasteiger partial charge in [0.15, 0.2) is 6.61 Å². The molecule has 178 valence electrons. The molecule has 2 amide bonds. The average Bonchev–Trinajstić information content (AvgIpc) is 2.81. The summed E-state index contributed by atoms with van der Waals surface area (Å²) in [4.78, 5) is 28.6. The summed E-state index contributed by atoms with van der Waals surface area (Å²) < 4.78 is 6.88. The molecule has 0 spiro atoms. The molecule has 0 aliphatic carbocycles. The van der Waals surface area contributed by atoms with Crippen molar-refractivity contribution in [3.63, 3.8) is 0 Å². The Morgan fingerprint density at radius 2 is 1.44 bits per heavy atom. The first-order chi connectivity index (χ1) is 16.2. The van der Waals surface area contributed by atoms with Gasteiger partial charge in [-0.2, -0.15) is 0 Å². The van der Waals surface area contributed by atoms with Gasteiger partial charge in [-0.1, -0.05) is 60.7 Å². The van der Waals surface area contributed by atoms with Gasteiger partial charge in [-0.25, -0.2) is 0 Å². The Morgan fingerprint density at radius 1 is 0.882 bits per heavy atom. The normalized spacial score (nSPS) is 12.0. The second-order valence-electron chi connectivity index (χ2n) is 9.19. The first-order valence-electron chi connectivity index (χ1n) is 11.3. The van der Waals surface area contributed by atoms with E-state index in [1.165, 1.54) is 0 Å². The zero-order valence-corrected chi connectivity index (χ0v) is 22.0. The van der Waals surface area contributed by atoms with Crippen molar-refractivity contribution in [3.8, 4) is 5.75 Å². The van der Waals surface area contributed by atoms with Gasteiger partial charge in [0.1, 0.15) is 11.8 Å². The second kappa shape index (κ2) is 12.0. The van der Waals surface area contributed by atoms with Crippen LogP contribution in [0, 0.1) is 3.57 Å². The molecule has 0 heterocycles. The van der Waals surface area contributed by atoms with E-state index in [0.29, 0.717) is 18.7 Å². The molecule has 0 bridgehead atoms. The van der Waals surface area contributed by atoms with E-state index in [0.717, 1.165) is 14.7 Å². The monoisotopic (exact) mass is 570 g/mol. The summed E-state index contributed by atoms with van der Waals surface area (Å²) in [6.45, 7) is 5.97. The lowest BCUT2D eigenvalue weighted by Gasteiger charge is -2.33. The summed E-state index contributed by atoms with van der Waals surface area (Å²) in [5.74, 6) is 0.189. The number of hydrogen-bond donors (Lipinski definition) is 1. The van der Waals surface area contributed by atoms with E-state index in [2.05, 4.69) is 27.9 Å². The largest absolute Gasteiger partial charge is 0.484 e. The van der Waals surface area contributed by atoms with Gasteiger partial charge in [0.25, 0.3) is 5.91 Å². The first-order valence-corrected chi connectivity index (χ1v) is 12.4. The summed E-state index contributed by atoms with van der Waals surface area (Å²) in [5, 5.41) is 3.07. The van der Waals surface area contributed by atoms with Crippen LogP contribution in [0.5, 0.6) is 5.75 Å². The molecule has 0 fully saturated rings. The van der Waals surface area contributed by atoms with Crippen molar-refractivity contribution in [2.75, 3.05) is 6.61 Å². The SMILES string of the molecule is CC(C)(C)NC(=O)[C@H](Cc1ccccc1)N(Cc1ccccc1)C(=O)COc1ccc(I)cc1. The van der Waals surface area contributed by atoms with E-state index in [1.807, 2.05) is 106 Å². The Morgan fingerprint density at radius 3 is 2.00 bits per heavy atom. The summed E-state index contributed by atoms with van der Waals surface area (Å²) in [6.07, 6.45) is 0.408. The molecule has 3 rings (SSSR count). The molecule has 6 heteroatoms. The minimum atomic E-state index is -0.686. The van der Waals surface area contributed by atoms with Crippen molar-refractivity contribution in [3.05, 3.63) is 99.6 Å². The van der Waals surface area contributed by atoms with Crippen molar-refractivity contribution < 1.29 is 14.3 Å². The van der Waals surface area contributed by atoms with E-state index < -0.39 is 11.6 Å². The van der Waals surface area contributed by atoms with Crippen LogP contribution in [0.25, 0.3) is 0 Å². The number of nitrogens with zero attached hydrogens (tertiary/aromatic N) is 1. The molecule has 3 aromatic carbocycles. The molecule has 0 aromatic heterocycles. The highest BCUT2D eigenvalue weighted by atomic mass is 127. The Labute approximate surface area is 215 Å². The van der Waals surface area contributed by atoms with E-state index in [9.17, 15) is 9.59 Å². The zero-order chi connectivity index (χ0) is 24.6. The second-order valence-corrected chi connectivity index (χ2v) is 10.4. The third kappa shape index (κ3) is 8.17. The van der Waals surface area contributed by atoms with Crippen molar-refractivity contribution in [1.29, 1.82) is 0 Å². The van der Waals surface area contributed by atoms with E-state index in [4.69, 9.17) is 4.74 Å². The van der Waals surface area contributed by atoms with Crippen LogP contribution in [0.3, 0.4) is 0 Å². The summed E-state index contributed by atoms with van der Waals surface area (Å²) in [7, 11) is 0. The van der Waals surface area contributed by atoms with Crippen LogP contribution >= 0.6 is 22.6 Å². The number of amides is 2. The Hall–Kier alpha value is -2.87. The van der Waals surface area contributed by atoms with E-state index >= 15 is 0 Å². The van der Waals surface area contributed by atoms with Crippen LogP contribution < -0.4 is 10.1 Å². The maximum atomic E-state index is 13.5. The summed E-state index contributed by atoms with van der Waals surface area (Å²) >= 11 is 2.22. The van der Waals surface area contributed by atoms with Crippen molar-refractivity contribution in [1.82, 2.24) is 10.2 Å². The lowest BCUT2D eigenvalue weighted by Crippen LogP contribution is -2.55. The molecular weight excluding hydrogens is 539 g/mol. The highest BCUT2D eigenvalue weighted by Crippen LogP contribution is 2.18. The highest BCUT2D eigenvalue weighted by Gasteiger charge is 2.32. The Bertz CT molecular complexity index is 1060. The maximum absolute atomic E-state index is 13.5. The topological polar surface area (TPSA) is 58.6 Å². The van der Waals surface area contributed by atoms with Gasteiger partial charge < -0.3 is 15.0 Å². The van der Waals surface area contributed by atoms with Crippen LogP contribution in [-0.4, -0.2) is 34.9 Å². The Kier molecular flexibility index (Phi) is 9.10. The molecule has 34 heavy (non-hydrogen) atoms. The van der Waals surface area contributed by atoms with Gasteiger partial charge >= 0.3 is 0 Å². The predicted octanol–water partition coefficient (Wildman–Crippen LogP) is 5.22. The van der Waals surface area contributed by atoms with Gasteiger partial charge in [0.05, 0.1) is 0 Å². The van der Waals surface area contributed by atoms with E-state index in [-0.39, 0.29) is 18.4 Å². The lowest BCUT2D eigenvalue weighted by molar-refractivity contribution is -0.143. The van der Waals surface area contributed by atoms with Gasteiger partial charge in [0, 0.05) is 22.1 Å². The minimum absolute atomic E-state index is 0.151. The predicted molar refractivity (Wildman–Crippen MR) is 143 cm³/mol. The number of ether oxygens (including phenoxy) is 1. The smallest absolute Gasteiger partial charge is 0.261 e. The number of hydrogen-bond acceptors (Lipinski definition) is 3. The number of halogens is 1. The van der Waals surface area contributed by atoms with Crippen molar-refractivity contribution >= 4 is 34.4 Å². The van der Waals surface area contributed by atoms with Gasteiger partial charge in [0.2, 0.25) is 5.91 Å². The molecule has 1 atom stereocenters. The molecule has 0 radical (unpaired) electrons. The van der Waals surface area contributed by atoms with Crippen LogP contribution in [-0.2, 0) is 22.6 Å². The third-order valence-electron chi connectivity index (χ3n) is 5.14. The molecule has 0 aliphatic heterocycles. The molecule has 3 aromatic rings. The fourth-order valence-electron chi connectivity index (χ4n) is 3.55. The molecule has 0 saturated heterocycles. The molecular formula is C28H31IN2O3. The number of nitrogens with one attached hydrogen (secondary N) is 1. The number of carbonyl (C=O) groups is 2. The number of benzene rings is 3. The average molecular weight is 570 g/mol. The third-order valence-corrected chi connectivity index (χ3v) is 5.86. The van der Waals surface area contributed by atoms with Gasteiger partial charge in [-0.3, -0.25) is 9.59 Å². The quantitative estimate of drug-likeness (QED) is 0.359. The highest BCUT2D eigenvalue weighted by molar-refractivity contribution is 14.1. The van der Waals surface area contributed by atoms with E-state index in [1.54, 1.807) is 4.90 Å².